The zero-order chi connectivity index (χ0) is 10.7. The quantitative estimate of drug-likeness (QED) is 0.773. The number of halogens is 1. The van der Waals surface area contributed by atoms with Crippen LogP contribution in [0.4, 0.5) is 4.39 Å². The molecule has 1 aliphatic carbocycles. The lowest BCUT2D eigenvalue weighted by molar-refractivity contribution is 0.258. The average molecular weight is 209 g/mol. The van der Waals surface area contributed by atoms with E-state index >= 15 is 0 Å². The summed E-state index contributed by atoms with van der Waals surface area (Å²) in [5, 5.41) is 12.5. The molecule has 82 valence electrons. The molecule has 0 amide bonds. The van der Waals surface area contributed by atoms with Crippen molar-refractivity contribution < 1.29 is 9.50 Å². The fourth-order valence-electron chi connectivity index (χ4n) is 1.68. The maximum atomic E-state index is 13.4. The fraction of sp³-hybridized carbons (Fsp3) is 0.500. The minimum atomic E-state index is -0.228. The van der Waals surface area contributed by atoms with Crippen LogP contribution < -0.4 is 5.32 Å². The van der Waals surface area contributed by atoms with Crippen molar-refractivity contribution in [3.63, 3.8) is 0 Å². The van der Waals surface area contributed by atoms with E-state index in [-0.39, 0.29) is 18.3 Å². The Morgan fingerprint density at radius 2 is 2.13 bits per heavy atom. The summed E-state index contributed by atoms with van der Waals surface area (Å²) in [6.45, 7) is 0.642. The SMILES string of the molecule is OCC(CNC1CC1)c1ccccc1F. The molecule has 1 atom stereocenters. The monoisotopic (exact) mass is 209 g/mol. The first-order valence-electron chi connectivity index (χ1n) is 5.40. The van der Waals surface area contributed by atoms with Crippen LogP contribution in [-0.4, -0.2) is 24.3 Å². The molecule has 2 nitrogen and oxygen atoms in total. The summed E-state index contributed by atoms with van der Waals surface area (Å²) in [7, 11) is 0. The van der Waals surface area contributed by atoms with Crippen molar-refractivity contribution in [2.75, 3.05) is 13.2 Å². The number of hydrogen-bond donors (Lipinski definition) is 2. The zero-order valence-corrected chi connectivity index (χ0v) is 8.62. The lowest BCUT2D eigenvalue weighted by atomic mass is 9.99. The van der Waals surface area contributed by atoms with Crippen LogP contribution in [-0.2, 0) is 0 Å². The molecule has 0 spiro atoms. The molecule has 2 rings (SSSR count). The Balaban J connectivity index is 2.00. The topological polar surface area (TPSA) is 32.3 Å². The van der Waals surface area contributed by atoms with Gasteiger partial charge in [0.15, 0.2) is 0 Å². The summed E-state index contributed by atoms with van der Waals surface area (Å²) in [6, 6.07) is 7.24. The van der Waals surface area contributed by atoms with Gasteiger partial charge in [-0.1, -0.05) is 18.2 Å². The van der Waals surface area contributed by atoms with Gasteiger partial charge in [0.05, 0.1) is 6.61 Å². The number of benzene rings is 1. The van der Waals surface area contributed by atoms with Gasteiger partial charge in [-0.15, -0.1) is 0 Å². The van der Waals surface area contributed by atoms with E-state index in [1.807, 2.05) is 0 Å². The smallest absolute Gasteiger partial charge is 0.126 e. The highest BCUT2D eigenvalue weighted by molar-refractivity contribution is 5.22. The number of aliphatic hydroxyl groups excluding tert-OH is 1. The van der Waals surface area contributed by atoms with Gasteiger partial charge in [0.25, 0.3) is 0 Å². The van der Waals surface area contributed by atoms with Crippen LogP contribution in [0.1, 0.15) is 24.3 Å². The van der Waals surface area contributed by atoms with Crippen LogP contribution in [0.2, 0.25) is 0 Å². The van der Waals surface area contributed by atoms with E-state index in [2.05, 4.69) is 5.32 Å². The Hall–Kier alpha value is -0.930. The maximum absolute atomic E-state index is 13.4. The van der Waals surface area contributed by atoms with Crippen molar-refractivity contribution in [3.05, 3.63) is 35.6 Å². The summed E-state index contributed by atoms with van der Waals surface area (Å²) in [5.41, 5.74) is 0.605. The highest BCUT2D eigenvalue weighted by Crippen LogP contribution is 2.22. The normalized spacial score (nSPS) is 17.7. The van der Waals surface area contributed by atoms with Gasteiger partial charge in [-0.2, -0.15) is 0 Å². The van der Waals surface area contributed by atoms with Crippen molar-refractivity contribution in [2.24, 2.45) is 0 Å². The highest BCUT2D eigenvalue weighted by atomic mass is 19.1. The molecule has 1 saturated carbocycles. The largest absolute Gasteiger partial charge is 0.396 e. The summed E-state index contributed by atoms with van der Waals surface area (Å²) in [5.74, 6) is -0.360. The highest BCUT2D eigenvalue weighted by Gasteiger charge is 2.23. The van der Waals surface area contributed by atoms with Crippen LogP contribution in [0.3, 0.4) is 0 Å². The molecule has 0 aromatic heterocycles. The number of hydrogen-bond acceptors (Lipinski definition) is 2. The lowest BCUT2D eigenvalue weighted by Crippen LogP contribution is -2.26. The van der Waals surface area contributed by atoms with Crippen LogP contribution >= 0.6 is 0 Å². The molecule has 3 heteroatoms. The Labute approximate surface area is 89.1 Å². The lowest BCUT2D eigenvalue weighted by Gasteiger charge is -2.15. The summed E-state index contributed by atoms with van der Waals surface area (Å²) >= 11 is 0. The van der Waals surface area contributed by atoms with E-state index in [1.165, 1.54) is 18.9 Å². The maximum Gasteiger partial charge on any atom is 0.126 e. The van der Waals surface area contributed by atoms with E-state index in [4.69, 9.17) is 0 Å². The third-order valence-corrected chi connectivity index (χ3v) is 2.80. The average Bonchev–Trinajstić information content (AvgIpc) is 3.05. The Morgan fingerprint density at radius 3 is 2.73 bits per heavy atom. The van der Waals surface area contributed by atoms with Gasteiger partial charge in [-0.05, 0) is 24.5 Å². The predicted molar refractivity (Wildman–Crippen MR) is 57.3 cm³/mol. The second-order valence-corrected chi connectivity index (χ2v) is 4.08. The molecule has 15 heavy (non-hydrogen) atoms. The van der Waals surface area contributed by atoms with Crippen LogP contribution in [0.5, 0.6) is 0 Å². The van der Waals surface area contributed by atoms with Crippen LogP contribution in [0.15, 0.2) is 24.3 Å². The van der Waals surface area contributed by atoms with Crippen LogP contribution in [0.25, 0.3) is 0 Å². The van der Waals surface area contributed by atoms with E-state index in [0.29, 0.717) is 18.2 Å². The predicted octanol–water partition coefficient (Wildman–Crippen LogP) is 1.65. The standard InChI is InChI=1S/C12H16FNO/c13-12-4-2-1-3-11(12)9(8-15)7-14-10-5-6-10/h1-4,9-10,14-15H,5-8H2. The van der Waals surface area contributed by atoms with Gasteiger partial charge < -0.3 is 10.4 Å². The first kappa shape index (κ1) is 10.6. The van der Waals surface area contributed by atoms with Crippen molar-refractivity contribution in [1.29, 1.82) is 0 Å². The molecule has 1 aromatic rings. The van der Waals surface area contributed by atoms with Crippen molar-refractivity contribution in [1.82, 2.24) is 5.32 Å². The van der Waals surface area contributed by atoms with Crippen LogP contribution in [0, 0.1) is 5.82 Å². The molecule has 0 saturated heterocycles. The number of aliphatic hydroxyl groups is 1. The van der Waals surface area contributed by atoms with E-state index < -0.39 is 0 Å². The first-order chi connectivity index (χ1) is 7.31. The van der Waals surface area contributed by atoms with Crippen molar-refractivity contribution in [3.8, 4) is 0 Å². The molecule has 2 N–H and O–H groups in total. The number of nitrogens with one attached hydrogen (secondary N) is 1. The molecular formula is C12H16FNO. The van der Waals surface area contributed by atoms with Gasteiger partial charge >= 0.3 is 0 Å². The van der Waals surface area contributed by atoms with Gasteiger partial charge in [0, 0.05) is 18.5 Å². The molecule has 1 fully saturated rings. The fourth-order valence-corrected chi connectivity index (χ4v) is 1.68. The Kier molecular flexibility index (Phi) is 3.34. The molecule has 1 aliphatic rings. The third kappa shape index (κ3) is 2.76. The molecular weight excluding hydrogens is 193 g/mol. The van der Waals surface area contributed by atoms with Gasteiger partial charge in [-0.25, -0.2) is 4.39 Å². The second-order valence-electron chi connectivity index (χ2n) is 4.08. The molecule has 0 heterocycles. The molecule has 0 radical (unpaired) electrons. The third-order valence-electron chi connectivity index (χ3n) is 2.80. The van der Waals surface area contributed by atoms with E-state index in [9.17, 15) is 9.50 Å². The minimum Gasteiger partial charge on any atom is -0.396 e. The molecule has 0 bridgehead atoms. The van der Waals surface area contributed by atoms with Gasteiger partial charge in [0.2, 0.25) is 0 Å². The molecule has 1 aromatic carbocycles. The first-order valence-corrected chi connectivity index (χ1v) is 5.40. The summed E-state index contributed by atoms with van der Waals surface area (Å²) in [6.07, 6.45) is 2.41. The zero-order valence-electron chi connectivity index (χ0n) is 8.62. The van der Waals surface area contributed by atoms with E-state index in [1.54, 1.807) is 18.2 Å². The second kappa shape index (κ2) is 4.73. The molecule has 0 aliphatic heterocycles. The minimum absolute atomic E-state index is 0.0132. The summed E-state index contributed by atoms with van der Waals surface area (Å²) in [4.78, 5) is 0. The van der Waals surface area contributed by atoms with Gasteiger partial charge in [-0.3, -0.25) is 0 Å². The Morgan fingerprint density at radius 1 is 1.40 bits per heavy atom. The Bertz CT molecular complexity index is 325. The summed E-state index contributed by atoms with van der Waals surface area (Å²) < 4.78 is 13.4. The molecule has 1 unspecified atom stereocenters. The van der Waals surface area contributed by atoms with Crippen molar-refractivity contribution in [2.45, 2.75) is 24.8 Å². The van der Waals surface area contributed by atoms with Crippen molar-refractivity contribution >= 4 is 0 Å². The number of rotatable bonds is 5. The van der Waals surface area contributed by atoms with E-state index in [0.717, 1.165) is 0 Å². The van der Waals surface area contributed by atoms with Gasteiger partial charge in [0.1, 0.15) is 5.82 Å².